The fraction of sp³-hybridized carbons (Fsp3) is 0.273. The van der Waals surface area contributed by atoms with E-state index < -0.39 is 0 Å². The summed E-state index contributed by atoms with van der Waals surface area (Å²) in [6.45, 7) is 4.93. The van der Waals surface area contributed by atoms with Crippen LogP contribution < -0.4 is 0 Å². The van der Waals surface area contributed by atoms with Crippen LogP contribution in [0, 0.1) is 13.8 Å². The SMILES string of the molecule is Cc1cccc(-n2ccnc2SCC(=O)N(CCO)Cc2ccccc2)c1C. The molecular formula is C22H25N3O2S. The molecule has 5 nitrogen and oxygen atoms in total. The maximum Gasteiger partial charge on any atom is 0.233 e. The predicted octanol–water partition coefficient (Wildman–Crippen LogP) is 3.60. The molecule has 6 heteroatoms. The Bertz CT molecular complexity index is 925. The largest absolute Gasteiger partial charge is 0.395 e. The fourth-order valence-corrected chi connectivity index (χ4v) is 3.88. The molecule has 0 unspecified atom stereocenters. The van der Waals surface area contributed by atoms with Crippen LogP contribution in [0.15, 0.2) is 66.1 Å². The second-order valence-corrected chi connectivity index (χ2v) is 7.55. The molecule has 0 spiro atoms. The van der Waals surface area contributed by atoms with Gasteiger partial charge in [0.25, 0.3) is 0 Å². The van der Waals surface area contributed by atoms with Crippen molar-refractivity contribution in [3.63, 3.8) is 0 Å². The summed E-state index contributed by atoms with van der Waals surface area (Å²) in [5, 5.41) is 10.1. The number of aliphatic hydroxyl groups excluding tert-OH is 1. The average Bonchev–Trinajstić information content (AvgIpc) is 3.17. The quantitative estimate of drug-likeness (QED) is 0.592. The van der Waals surface area contributed by atoms with E-state index in [-0.39, 0.29) is 18.3 Å². The lowest BCUT2D eigenvalue weighted by Gasteiger charge is -2.22. The van der Waals surface area contributed by atoms with E-state index in [1.165, 1.54) is 22.9 Å². The summed E-state index contributed by atoms with van der Waals surface area (Å²) < 4.78 is 2.02. The highest BCUT2D eigenvalue weighted by Crippen LogP contribution is 2.24. The number of amides is 1. The summed E-state index contributed by atoms with van der Waals surface area (Å²) in [6, 6.07) is 16.0. The Morgan fingerprint density at radius 1 is 1.14 bits per heavy atom. The molecule has 0 aliphatic rings. The van der Waals surface area contributed by atoms with Crippen molar-refractivity contribution in [3.05, 3.63) is 77.6 Å². The molecule has 1 aromatic heterocycles. The van der Waals surface area contributed by atoms with Gasteiger partial charge in [0.15, 0.2) is 5.16 Å². The maximum atomic E-state index is 12.8. The normalized spacial score (nSPS) is 10.8. The Kier molecular flexibility index (Phi) is 6.90. The third-order valence-corrected chi connectivity index (χ3v) is 5.66. The number of nitrogens with zero attached hydrogens (tertiary/aromatic N) is 3. The Labute approximate surface area is 170 Å². The van der Waals surface area contributed by atoms with Gasteiger partial charge in [-0.1, -0.05) is 54.2 Å². The number of hydrogen-bond acceptors (Lipinski definition) is 4. The van der Waals surface area contributed by atoms with Crippen molar-refractivity contribution >= 4 is 17.7 Å². The average molecular weight is 396 g/mol. The first kappa shape index (κ1) is 20.2. The molecule has 0 aliphatic carbocycles. The number of hydrogen-bond donors (Lipinski definition) is 1. The smallest absolute Gasteiger partial charge is 0.233 e. The van der Waals surface area contributed by atoms with E-state index in [0.717, 1.165) is 16.4 Å². The number of benzene rings is 2. The van der Waals surface area contributed by atoms with Crippen molar-refractivity contribution in [3.8, 4) is 5.69 Å². The van der Waals surface area contributed by atoms with Crippen molar-refractivity contribution in [2.45, 2.75) is 25.5 Å². The third kappa shape index (κ3) is 4.82. The van der Waals surface area contributed by atoms with E-state index in [2.05, 4.69) is 31.0 Å². The number of carbonyl (C=O) groups excluding carboxylic acids is 1. The van der Waals surface area contributed by atoms with E-state index in [1.54, 1.807) is 11.1 Å². The van der Waals surface area contributed by atoms with Crippen LogP contribution in [-0.4, -0.2) is 44.4 Å². The van der Waals surface area contributed by atoms with Gasteiger partial charge >= 0.3 is 0 Å². The second-order valence-electron chi connectivity index (χ2n) is 6.61. The van der Waals surface area contributed by atoms with Gasteiger partial charge in [-0.3, -0.25) is 9.36 Å². The first-order chi connectivity index (χ1) is 13.6. The maximum absolute atomic E-state index is 12.8. The zero-order valence-electron chi connectivity index (χ0n) is 16.2. The van der Waals surface area contributed by atoms with Crippen molar-refractivity contribution < 1.29 is 9.90 Å². The zero-order valence-corrected chi connectivity index (χ0v) is 17.0. The summed E-state index contributed by atoms with van der Waals surface area (Å²) in [5.41, 5.74) is 4.53. The molecule has 3 rings (SSSR count). The Morgan fingerprint density at radius 3 is 2.68 bits per heavy atom. The molecule has 1 heterocycles. The monoisotopic (exact) mass is 395 g/mol. The molecular weight excluding hydrogens is 370 g/mol. The minimum atomic E-state index is -0.0552. The van der Waals surface area contributed by atoms with Crippen LogP contribution in [0.3, 0.4) is 0 Å². The van der Waals surface area contributed by atoms with Gasteiger partial charge in [0.05, 0.1) is 18.0 Å². The minimum Gasteiger partial charge on any atom is -0.395 e. The van der Waals surface area contributed by atoms with Gasteiger partial charge in [-0.05, 0) is 36.6 Å². The van der Waals surface area contributed by atoms with Crippen LogP contribution in [0.2, 0.25) is 0 Å². The van der Waals surface area contributed by atoms with E-state index in [4.69, 9.17) is 0 Å². The molecule has 0 radical (unpaired) electrons. The van der Waals surface area contributed by atoms with Gasteiger partial charge in [-0.15, -0.1) is 0 Å². The number of aromatic nitrogens is 2. The topological polar surface area (TPSA) is 58.4 Å². The highest BCUT2D eigenvalue weighted by Gasteiger charge is 2.16. The van der Waals surface area contributed by atoms with Crippen LogP contribution in [0.1, 0.15) is 16.7 Å². The lowest BCUT2D eigenvalue weighted by Crippen LogP contribution is -2.34. The summed E-state index contributed by atoms with van der Waals surface area (Å²) in [5.74, 6) is 0.257. The third-order valence-electron chi connectivity index (χ3n) is 4.71. The van der Waals surface area contributed by atoms with Crippen molar-refractivity contribution in [1.82, 2.24) is 14.5 Å². The molecule has 0 atom stereocenters. The summed E-state index contributed by atoms with van der Waals surface area (Å²) in [6.07, 6.45) is 3.67. The molecule has 0 saturated carbocycles. The first-order valence-electron chi connectivity index (χ1n) is 9.25. The molecule has 0 aliphatic heterocycles. The van der Waals surface area contributed by atoms with Crippen LogP contribution in [0.4, 0.5) is 0 Å². The highest BCUT2D eigenvalue weighted by atomic mass is 32.2. The van der Waals surface area contributed by atoms with Crippen molar-refractivity contribution in [1.29, 1.82) is 0 Å². The van der Waals surface area contributed by atoms with Gasteiger partial charge in [-0.2, -0.15) is 0 Å². The van der Waals surface area contributed by atoms with E-state index >= 15 is 0 Å². The van der Waals surface area contributed by atoms with E-state index in [1.807, 2.05) is 47.2 Å². The number of carbonyl (C=O) groups is 1. The molecule has 28 heavy (non-hydrogen) atoms. The van der Waals surface area contributed by atoms with Gasteiger partial charge in [0.1, 0.15) is 0 Å². The first-order valence-corrected chi connectivity index (χ1v) is 10.2. The Hall–Kier alpha value is -2.57. The van der Waals surface area contributed by atoms with Crippen molar-refractivity contribution in [2.75, 3.05) is 18.9 Å². The molecule has 1 amide bonds. The molecule has 0 fully saturated rings. The summed E-state index contributed by atoms with van der Waals surface area (Å²) >= 11 is 1.41. The lowest BCUT2D eigenvalue weighted by atomic mass is 10.1. The number of aryl methyl sites for hydroxylation is 1. The number of aliphatic hydroxyl groups is 1. The van der Waals surface area contributed by atoms with E-state index in [0.29, 0.717) is 13.1 Å². The minimum absolute atomic E-state index is 0.0154. The molecule has 1 N–H and O–H groups in total. The van der Waals surface area contributed by atoms with Gasteiger partial charge < -0.3 is 10.0 Å². The van der Waals surface area contributed by atoms with Crippen LogP contribution in [0.25, 0.3) is 5.69 Å². The number of thioether (sulfide) groups is 1. The lowest BCUT2D eigenvalue weighted by molar-refractivity contribution is -0.129. The summed E-state index contributed by atoms with van der Waals surface area (Å²) in [4.78, 5) is 18.9. The second kappa shape index (κ2) is 9.57. The van der Waals surface area contributed by atoms with Crippen molar-refractivity contribution in [2.24, 2.45) is 0 Å². The number of rotatable bonds is 8. The summed E-state index contributed by atoms with van der Waals surface area (Å²) in [7, 11) is 0. The standard InChI is InChI=1S/C22H25N3O2S/c1-17-7-6-10-20(18(17)2)25-12-11-23-22(25)28-16-21(27)24(13-14-26)15-19-8-4-3-5-9-19/h3-12,26H,13-16H2,1-2H3. The Balaban J connectivity index is 1.70. The van der Waals surface area contributed by atoms with Crippen LogP contribution in [-0.2, 0) is 11.3 Å². The van der Waals surface area contributed by atoms with Gasteiger partial charge in [-0.25, -0.2) is 4.98 Å². The molecule has 146 valence electrons. The molecule has 0 bridgehead atoms. The zero-order chi connectivity index (χ0) is 19.9. The van der Waals surface area contributed by atoms with Crippen LogP contribution in [0.5, 0.6) is 0 Å². The highest BCUT2D eigenvalue weighted by molar-refractivity contribution is 7.99. The van der Waals surface area contributed by atoms with E-state index in [9.17, 15) is 9.90 Å². The van der Waals surface area contributed by atoms with Gasteiger partial charge in [0, 0.05) is 25.5 Å². The molecule has 0 saturated heterocycles. The number of imidazole rings is 1. The molecule has 2 aromatic carbocycles. The van der Waals surface area contributed by atoms with Gasteiger partial charge in [0.2, 0.25) is 5.91 Å². The Morgan fingerprint density at radius 2 is 1.93 bits per heavy atom. The van der Waals surface area contributed by atoms with Crippen LogP contribution >= 0.6 is 11.8 Å². The molecule has 3 aromatic rings. The predicted molar refractivity (Wildman–Crippen MR) is 113 cm³/mol. The fourth-order valence-electron chi connectivity index (χ4n) is 3.01.